The molecule has 2 heteroatoms. The van der Waals surface area contributed by atoms with E-state index in [1.165, 1.54) is 22.3 Å². The highest BCUT2D eigenvalue weighted by atomic mass is 32.2. The summed E-state index contributed by atoms with van der Waals surface area (Å²) in [5, 5.41) is 0.376. The van der Waals surface area contributed by atoms with E-state index in [9.17, 15) is 0 Å². The van der Waals surface area contributed by atoms with Crippen molar-refractivity contribution in [2.45, 2.75) is 24.9 Å². The molecule has 0 saturated heterocycles. The van der Waals surface area contributed by atoms with Gasteiger partial charge in [-0.15, -0.1) is 11.8 Å². The summed E-state index contributed by atoms with van der Waals surface area (Å²) in [5.74, 6) is 1.01. The van der Waals surface area contributed by atoms with Crippen LogP contribution in [0, 0.1) is 13.8 Å². The molecule has 2 aromatic rings. The van der Waals surface area contributed by atoms with Crippen LogP contribution in [0.2, 0.25) is 0 Å². The second-order valence-corrected chi connectivity index (χ2v) is 6.13. The zero-order valence-electron chi connectivity index (χ0n) is 11.6. The Balaban J connectivity index is 2.01. The van der Waals surface area contributed by atoms with Gasteiger partial charge in [-0.2, -0.15) is 0 Å². The highest BCUT2D eigenvalue weighted by Gasteiger charge is 2.10. The fraction of sp³-hybridized carbons (Fsp3) is 0.294. The van der Waals surface area contributed by atoms with Crippen LogP contribution in [0.25, 0.3) is 0 Å². The first-order chi connectivity index (χ1) is 9.19. The smallest absolute Gasteiger partial charge is 0.0422 e. The minimum Gasteiger partial charge on any atom is -0.329 e. The van der Waals surface area contributed by atoms with Crippen molar-refractivity contribution >= 4 is 11.8 Å². The van der Waals surface area contributed by atoms with Crippen LogP contribution in [0.15, 0.2) is 48.5 Å². The molecule has 1 atom stereocenters. The van der Waals surface area contributed by atoms with Gasteiger partial charge in [-0.25, -0.2) is 0 Å². The molecular weight excluding hydrogens is 250 g/mol. The summed E-state index contributed by atoms with van der Waals surface area (Å²) in [6.07, 6.45) is 0. The van der Waals surface area contributed by atoms with E-state index in [2.05, 4.69) is 62.4 Å². The lowest BCUT2D eigenvalue weighted by Gasteiger charge is -2.15. The number of hydrogen-bond acceptors (Lipinski definition) is 2. The summed E-state index contributed by atoms with van der Waals surface area (Å²) in [4.78, 5) is 0. The standard InChI is InChI=1S/C17H21NS/c1-13-6-8-16(9-7-13)17(11-18)19-12-15-5-3-4-14(2)10-15/h3-10,17H,11-12,18H2,1-2H3. The summed E-state index contributed by atoms with van der Waals surface area (Å²) < 4.78 is 0. The zero-order chi connectivity index (χ0) is 13.7. The van der Waals surface area contributed by atoms with E-state index in [4.69, 9.17) is 5.73 Å². The number of hydrogen-bond donors (Lipinski definition) is 1. The highest BCUT2D eigenvalue weighted by Crippen LogP contribution is 2.30. The topological polar surface area (TPSA) is 26.0 Å². The summed E-state index contributed by atoms with van der Waals surface area (Å²) >= 11 is 1.92. The minimum atomic E-state index is 0.376. The monoisotopic (exact) mass is 271 g/mol. The van der Waals surface area contributed by atoms with Gasteiger partial charge in [0.2, 0.25) is 0 Å². The van der Waals surface area contributed by atoms with Gasteiger partial charge in [0.15, 0.2) is 0 Å². The van der Waals surface area contributed by atoms with Gasteiger partial charge in [-0.1, -0.05) is 59.7 Å². The van der Waals surface area contributed by atoms with Crippen molar-refractivity contribution in [1.82, 2.24) is 0 Å². The van der Waals surface area contributed by atoms with Crippen molar-refractivity contribution in [2.24, 2.45) is 5.73 Å². The van der Waals surface area contributed by atoms with Crippen molar-refractivity contribution in [3.05, 3.63) is 70.8 Å². The van der Waals surface area contributed by atoms with E-state index in [0.717, 1.165) is 5.75 Å². The lowest BCUT2D eigenvalue weighted by atomic mass is 10.1. The zero-order valence-corrected chi connectivity index (χ0v) is 12.4. The Morgan fingerprint density at radius 2 is 1.74 bits per heavy atom. The largest absolute Gasteiger partial charge is 0.329 e. The van der Waals surface area contributed by atoms with Crippen LogP contribution in [0.4, 0.5) is 0 Å². The van der Waals surface area contributed by atoms with Crippen molar-refractivity contribution in [3.63, 3.8) is 0 Å². The van der Waals surface area contributed by atoms with Gasteiger partial charge in [-0.3, -0.25) is 0 Å². The number of benzene rings is 2. The lowest BCUT2D eigenvalue weighted by molar-refractivity contribution is 0.939. The highest BCUT2D eigenvalue weighted by molar-refractivity contribution is 7.98. The van der Waals surface area contributed by atoms with Crippen LogP contribution in [-0.2, 0) is 5.75 Å². The Kier molecular flexibility index (Phi) is 5.06. The molecule has 1 unspecified atom stereocenters. The van der Waals surface area contributed by atoms with Gasteiger partial charge in [0, 0.05) is 17.5 Å². The van der Waals surface area contributed by atoms with Crippen LogP contribution >= 0.6 is 11.8 Å². The van der Waals surface area contributed by atoms with Crippen molar-refractivity contribution < 1.29 is 0 Å². The Labute approximate surface area is 120 Å². The Morgan fingerprint density at radius 1 is 1.00 bits per heavy atom. The Hall–Kier alpha value is -1.25. The summed E-state index contributed by atoms with van der Waals surface area (Å²) in [6.45, 7) is 4.93. The molecule has 100 valence electrons. The molecule has 2 rings (SSSR count). The van der Waals surface area contributed by atoms with E-state index in [0.29, 0.717) is 11.8 Å². The molecule has 0 saturated carbocycles. The number of thioether (sulfide) groups is 1. The molecule has 0 aliphatic rings. The summed E-state index contributed by atoms with van der Waals surface area (Å²) in [5.41, 5.74) is 11.2. The van der Waals surface area contributed by atoms with E-state index in [1.807, 2.05) is 11.8 Å². The SMILES string of the molecule is Cc1ccc(C(CN)SCc2cccc(C)c2)cc1. The Bertz CT molecular complexity index is 519. The minimum absolute atomic E-state index is 0.376. The van der Waals surface area contributed by atoms with Crippen LogP contribution in [-0.4, -0.2) is 6.54 Å². The molecule has 0 fully saturated rings. The fourth-order valence-electron chi connectivity index (χ4n) is 2.08. The van der Waals surface area contributed by atoms with Crippen molar-refractivity contribution in [1.29, 1.82) is 0 Å². The molecule has 2 aromatic carbocycles. The quantitative estimate of drug-likeness (QED) is 0.880. The van der Waals surface area contributed by atoms with Gasteiger partial charge in [0.1, 0.15) is 0 Å². The van der Waals surface area contributed by atoms with Gasteiger partial charge >= 0.3 is 0 Å². The van der Waals surface area contributed by atoms with Gasteiger partial charge in [0.05, 0.1) is 0 Å². The third-order valence-electron chi connectivity index (χ3n) is 3.20. The average Bonchev–Trinajstić information content (AvgIpc) is 2.41. The predicted molar refractivity (Wildman–Crippen MR) is 85.4 cm³/mol. The first kappa shape index (κ1) is 14.2. The lowest BCUT2D eigenvalue weighted by Crippen LogP contribution is -2.09. The maximum atomic E-state index is 5.92. The summed E-state index contributed by atoms with van der Waals surface area (Å²) in [7, 11) is 0. The van der Waals surface area contributed by atoms with E-state index < -0.39 is 0 Å². The molecule has 0 bridgehead atoms. The normalized spacial score (nSPS) is 12.4. The maximum Gasteiger partial charge on any atom is 0.0422 e. The molecule has 0 aliphatic heterocycles. The van der Waals surface area contributed by atoms with Gasteiger partial charge in [0.25, 0.3) is 0 Å². The average molecular weight is 271 g/mol. The molecule has 0 spiro atoms. The first-order valence-corrected chi connectivity index (χ1v) is 7.67. The molecular formula is C17H21NS. The Morgan fingerprint density at radius 3 is 2.37 bits per heavy atom. The van der Waals surface area contributed by atoms with Crippen molar-refractivity contribution in [3.8, 4) is 0 Å². The van der Waals surface area contributed by atoms with Crippen LogP contribution < -0.4 is 5.73 Å². The molecule has 0 aliphatic carbocycles. The third kappa shape index (κ3) is 4.12. The van der Waals surface area contributed by atoms with Gasteiger partial charge in [-0.05, 0) is 25.0 Å². The molecule has 0 radical (unpaired) electrons. The van der Waals surface area contributed by atoms with Crippen LogP contribution in [0.3, 0.4) is 0 Å². The summed E-state index contributed by atoms with van der Waals surface area (Å²) in [6, 6.07) is 17.4. The molecule has 2 N–H and O–H groups in total. The molecule has 0 amide bonds. The second-order valence-electron chi connectivity index (χ2n) is 4.94. The van der Waals surface area contributed by atoms with Crippen LogP contribution in [0.1, 0.15) is 27.5 Å². The third-order valence-corrected chi connectivity index (χ3v) is 4.56. The fourth-order valence-corrected chi connectivity index (χ4v) is 3.14. The van der Waals surface area contributed by atoms with E-state index in [-0.39, 0.29) is 0 Å². The maximum absolute atomic E-state index is 5.92. The van der Waals surface area contributed by atoms with Crippen LogP contribution in [0.5, 0.6) is 0 Å². The number of rotatable bonds is 5. The second kappa shape index (κ2) is 6.78. The molecule has 19 heavy (non-hydrogen) atoms. The number of nitrogens with two attached hydrogens (primary N) is 1. The van der Waals surface area contributed by atoms with E-state index >= 15 is 0 Å². The molecule has 1 nitrogen and oxygen atoms in total. The predicted octanol–water partition coefficient (Wildman–Crippen LogP) is 4.24. The molecule has 0 heterocycles. The van der Waals surface area contributed by atoms with Crippen molar-refractivity contribution in [2.75, 3.05) is 6.54 Å². The van der Waals surface area contributed by atoms with E-state index in [1.54, 1.807) is 0 Å². The number of aryl methyl sites for hydroxylation is 2. The molecule has 0 aromatic heterocycles. The van der Waals surface area contributed by atoms with Gasteiger partial charge < -0.3 is 5.73 Å². The first-order valence-electron chi connectivity index (χ1n) is 6.63.